The number of carbonyl (C=O) groups is 2. The van der Waals surface area contributed by atoms with Crippen molar-refractivity contribution in [2.45, 2.75) is 20.0 Å². The Morgan fingerprint density at radius 3 is 2.38 bits per heavy atom. The molecule has 76 valence electrons. The highest BCUT2D eigenvalue weighted by atomic mass is 16.5. The van der Waals surface area contributed by atoms with Gasteiger partial charge >= 0.3 is 5.97 Å². The molecule has 0 saturated heterocycles. The molecule has 0 heterocycles. The van der Waals surface area contributed by atoms with Crippen molar-refractivity contribution >= 4 is 11.9 Å². The fourth-order valence-electron chi connectivity index (χ4n) is 0.592. The highest BCUT2D eigenvalue weighted by Gasteiger charge is 2.15. The van der Waals surface area contributed by atoms with Gasteiger partial charge in [-0.05, 0) is 6.92 Å². The Bertz CT molecular complexity index is 193. The molecular formula is C8H15NO4. The molecule has 0 aliphatic rings. The highest BCUT2D eigenvalue weighted by molar-refractivity contribution is 5.81. The number of hydrogen-bond acceptors (Lipinski definition) is 3. The van der Waals surface area contributed by atoms with E-state index < -0.39 is 18.0 Å². The first-order valence-electron chi connectivity index (χ1n) is 4.02. The van der Waals surface area contributed by atoms with Crippen LogP contribution in [0.4, 0.5) is 0 Å². The van der Waals surface area contributed by atoms with E-state index in [0.717, 1.165) is 0 Å². The quantitative estimate of drug-likeness (QED) is 0.631. The number of carboxylic acid groups (broad SMARTS) is 1. The molecule has 2 N–H and O–H groups in total. The second-order valence-corrected chi connectivity index (χ2v) is 2.86. The maximum absolute atomic E-state index is 11.1. The zero-order valence-corrected chi connectivity index (χ0v) is 8.03. The molecule has 0 aromatic heterocycles. The second kappa shape index (κ2) is 5.53. The average Bonchev–Trinajstić information content (AvgIpc) is 2.11. The molecule has 0 aliphatic carbocycles. The largest absolute Gasteiger partial charge is 0.481 e. The van der Waals surface area contributed by atoms with Crippen LogP contribution in [0.25, 0.3) is 0 Å². The minimum absolute atomic E-state index is 0.127. The molecular weight excluding hydrogens is 174 g/mol. The number of rotatable bonds is 5. The van der Waals surface area contributed by atoms with Crippen LogP contribution in [0.3, 0.4) is 0 Å². The first kappa shape index (κ1) is 11.9. The number of methoxy groups -OCH3 is 1. The third kappa shape index (κ3) is 4.47. The maximum Gasteiger partial charge on any atom is 0.308 e. The number of aliphatic carboxylic acids is 1. The first-order valence-corrected chi connectivity index (χ1v) is 4.02. The molecule has 5 heteroatoms. The van der Waals surface area contributed by atoms with E-state index in [2.05, 4.69) is 5.32 Å². The molecule has 1 amide bonds. The van der Waals surface area contributed by atoms with Crippen LogP contribution in [0.15, 0.2) is 0 Å². The van der Waals surface area contributed by atoms with Crippen molar-refractivity contribution in [3.05, 3.63) is 0 Å². The summed E-state index contributed by atoms with van der Waals surface area (Å²) in [7, 11) is 1.42. The molecule has 0 aliphatic heterocycles. The Kier molecular flexibility index (Phi) is 5.06. The minimum atomic E-state index is -0.926. The predicted molar refractivity (Wildman–Crippen MR) is 46.3 cm³/mol. The van der Waals surface area contributed by atoms with Gasteiger partial charge in [-0.3, -0.25) is 9.59 Å². The van der Waals surface area contributed by atoms with E-state index in [1.165, 1.54) is 14.0 Å². The molecule has 2 atom stereocenters. The molecule has 0 spiro atoms. The summed E-state index contributed by atoms with van der Waals surface area (Å²) in [6.45, 7) is 3.25. The Balaban J connectivity index is 3.76. The van der Waals surface area contributed by atoms with Gasteiger partial charge < -0.3 is 15.2 Å². The van der Waals surface area contributed by atoms with Gasteiger partial charge in [0.15, 0.2) is 0 Å². The summed E-state index contributed by atoms with van der Waals surface area (Å²) in [6, 6.07) is 0. The smallest absolute Gasteiger partial charge is 0.308 e. The van der Waals surface area contributed by atoms with Crippen LogP contribution in [0.2, 0.25) is 0 Å². The fraction of sp³-hybridized carbons (Fsp3) is 0.750. The SMILES string of the molecule is COC(C)C(=O)NCC(C)C(=O)O. The fourth-order valence-corrected chi connectivity index (χ4v) is 0.592. The van der Waals surface area contributed by atoms with Gasteiger partial charge in [-0.15, -0.1) is 0 Å². The van der Waals surface area contributed by atoms with Crippen LogP contribution in [0, 0.1) is 5.92 Å². The lowest BCUT2D eigenvalue weighted by molar-refractivity contribution is -0.141. The summed E-state index contributed by atoms with van der Waals surface area (Å²) in [5.41, 5.74) is 0. The summed E-state index contributed by atoms with van der Waals surface area (Å²) in [4.78, 5) is 21.4. The van der Waals surface area contributed by atoms with Crippen LogP contribution in [0.5, 0.6) is 0 Å². The Morgan fingerprint density at radius 1 is 1.46 bits per heavy atom. The van der Waals surface area contributed by atoms with E-state index in [-0.39, 0.29) is 12.5 Å². The van der Waals surface area contributed by atoms with Crippen LogP contribution < -0.4 is 5.32 Å². The van der Waals surface area contributed by atoms with Crippen LogP contribution in [-0.4, -0.2) is 36.7 Å². The number of nitrogens with one attached hydrogen (secondary N) is 1. The summed E-state index contributed by atoms with van der Waals surface area (Å²) in [6.07, 6.45) is -0.541. The second-order valence-electron chi connectivity index (χ2n) is 2.86. The van der Waals surface area contributed by atoms with Gasteiger partial charge in [-0.25, -0.2) is 0 Å². The van der Waals surface area contributed by atoms with Crippen LogP contribution in [0.1, 0.15) is 13.8 Å². The van der Waals surface area contributed by atoms with Crippen molar-refractivity contribution in [3.63, 3.8) is 0 Å². The standard InChI is InChI=1S/C8H15NO4/c1-5(8(11)12)4-9-7(10)6(2)13-3/h5-6H,4H2,1-3H3,(H,9,10)(H,11,12). The molecule has 0 fully saturated rings. The summed E-state index contributed by atoms with van der Waals surface area (Å²) < 4.78 is 4.75. The van der Waals surface area contributed by atoms with Gasteiger partial charge in [0.1, 0.15) is 6.10 Å². The average molecular weight is 189 g/mol. The third-order valence-corrected chi connectivity index (χ3v) is 1.73. The molecule has 0 aromatic carbocycles. The Hall–Kier alpha value is -1.10. The van der Waals surface area contributed by atoms with Crippen molar-refractivity contribution < 1.29 is 19.4 Å². The summed E-state index contributed by atoms with van der Waals surface area (Å²) >= 11 is 0. The summed E-state index contributed by atoms with van der Waals surface area (Å²) in [5.74, 6) is -1.80. The van der Waals surface area contributed by atoms with Gasteiger partial charge in [0.25, 0.3) is 0 Å². The Labute approximate surface area is 77.1 Å². The molecule has 13 heavy (non-hydrogen) atoms. The molecule has 0 saturated carbocycles. The molecule has 5 nitrogen and oxygen atoms in total. The maximum atomic E-state index is 11.1. The lowest BCUT2D eigenvalue weighted by Crippen LogP contribution is -2.37. The molecule has 0 bridgehead atoms. The molecule has 0 aromatic rings. The zero-order valence-electron chi connectivity index (χ0n) is 8.03. The van der Waals surface area contributed by atoms with Gasteiger partial charge in [-0.2, -0.15) is 0 Å². The van der Waals surface area contributed by atoms with E-state index in [1.54, 1.807) is 6.92 Å². The van der Waals surface area contributed by atoms with Crippen LogP contribution in [-0.2, 0) is 14.3 Å². The van der Waals surface area contributed by atoms with Crippen molar-refractivity contribution in [3.8, 4) is 0 Å². The first-order chi connectivity index (χ1) is 5.99. The lowest BCUT2D eigenvalue weighted by Gasteiger charge is -2.11. The number of carboxylic acids is 1. The Morgan fingerprint density at radius 2 is 2.00 bits per heavy atom. The monoisotopic (exact) mass is 189 g/mol. The van der Waals surface area contributed by atoms with E-state index in [4.69, 9.17) is 9.84 Å². The zero-order chi connectivity index (χ0) is 10.4. The van der Waals surface area contributed by atoms with Crippen molar-refractivity contribution in [2.75, 3.05) is 13.7 Å². The number of hydrogen-bond donors (Lipinski definition) is 2. The van der Waals surface area contributed by atoms with E-state index >= 15 is 0 Å². The highest BCUT2D eigenvalue weighted by Crippen LogP contribution is 1.93. The van der Waals surface area contributed by atoms with Crippen molar-refractivity contribution in [1.82, 2.24) is 5.32 Å². The topological polar surface area (TPSA) is 75.6 Å². The molecule has 0 radical (unpaired) electrons. The predicted octanol–water partition coefficient (Wildman–Crippen LogP) is -0.142. The number of carbonyl (C=O) groups excluding carboxylic acids is 1. The lowest BCUT2D eigenvalue weighted by atomic mass is 10.2. The number of ether oxygens (including phenoxy) is 1. The van der Waals surface area contributed by atoms with Gasteiger partial charge in [0.2, 0.25) is 5.91 Å². The molecule has 0 rings (SSSR count). The number of amides is 1. The van der Waals surface area contributed by atoms with Crippen LogP contribution >= 0.6 is 0 Å². The van der Waals surface area contributed by atoms with Gasteiger partial charge in [0.05, 0.1) is 5.92 Å². The van der Waals surface area contributed by atoms with E-state index in [9.17, 15) is 9.59 Å². The van der Waals surface area contributed by atoms with E-state index in [1.807, 2.05) is 0 Å². The minimum Gasteiger partial charge on any atom is -0.481 e. The van der Waals surface area contributed by atoms with Gasteiger partial charge in [-0.1, -0.05) is 6.92 Å². The molecule has 2 unspecified atom stereocenters. The van der Waals surface area contributed by atoms with E-state index in [0.29, 0.717) is 0 Å². The van der Waals surface area contributed by atoms with Crippen molar-refractivity contribution in [1.29, 1.82) is 0 Å². The normalized spacial score (nSPS) is 14.7. The van der Waals surface area contributed by atoms with Gasteiger partial charge in [0, 0.05) is 13.7 Å². The third-order valence-electron chi connectivity index (χ3n) is 1.73. The summed E-state index contributed by atoms with van der Waals surface area (Å²) in [5, 5.41) is 11.0. The van der Waals surface area contributed by atoms with Crippen molar-refractivity contribution in [2.24, 2.45) is 5.92 Å².